The lowest BCUT2D eigenvalue weighted by atomic mass is 10.0. The van der Waals surface area contributed by atoms with E-state index < -0.39 is 5.97 Å². The Bertz CT molecular complexity index is 1140. The van der Waals surface area contributed by atoms with E-state index >= 15 is 0 Å². The van der Waals surface area contributed by atoms with Gasteiger partial charge in [0.2, 0.25) is 5.16 Å². The number of imidazole rings is 1. The first-order valence-electron chi connectivity index (χ1n) is 8.34. The summed E-state index contributed by atoms with van der Waals surface area (Å²) in [5.41, 5.74) is 7.19. The first-order valence-corrected chi connectivity index (χ1v) is 9.33. The van der Waals surface area contributed by atoms with E-state index in [4.69, 9.17) is 9.94 Å². The van der Waals surface area contributed by atoms with Crippen LogP contribution in [0.15, 0.2) is 47.9 Å². The molecule has 5 N–H and O–H groups in total. The fourth-order valence-corrected chi connectivity index (χ4v) is 3.36. The van der Waals surface area contributed by atoms with Gasteiger partial charge in [-0.25, -0.2) is 14.8 Å². The molecule has 0 atom stereocenters. The van der Waals surface area contributed by atoms with Crippen molar-refractivity contribution in [1.29, 1.82) is 0 Å². The normalized spacial score (nSPS) is 11.2. The van der Waals surface area contributed by atoms with Crippen LogP contribution in [0.25, 0.3) is 33.5 Å². The van der Waals surface area contributed by atoms with Gasteiger partial charge < -0.3 is 10.1 Å². The summed E-state index contributed by atoms with van der Waals surface area (Å²) in [6.07, 6.45) is 1.67. The van der Waals surface area contributed by atoms with Crippen molar-refractivity contribution < 1.29 is 20.2 Å². The van der Waals surface area contributed by atoms with Crippen molar-refractivity contribution in [3.8, 4) is 22.5 Å². The fraction of sp³-hybridized carbons (Fsp3) is 0.111. The van der Waals surface area contributed by atoms with Gasteiger partial charge in [0, 0.05) is 17.7 Å². The minimum Gasteiger partial charge on any atom is -0.481 e. The zero-order valence-corrected chi connectivity index (χ0v) is 15.7. The monoisotopic (exact) mass is 397 g/mol. The molecule has 0 amide bonds. The Morgan fingerprint density at radius 3 is 2.89 bits per heavy atom. The summed E-state index contributed by atoms with van der Waals surface area (Å²) < 4.78 is 0. The van der Waals surface area contributed by atoms with Gasteiger partial charge in [0.15, 0.2) is 11.5 Å². The number of quaternary nitrogens is 1. The van der Waals surface area contributed by atoms with Crippen molar-refractivity contribution >= 4 is 34.5 Å². The lowest BCUT2D eigenvalue weighted by molar-refractivity contribution is -0.830. The molecule has 0 saturated carbocycles. The number of benzene rings is 2. The number of carbonyl (C=O) groups is 1. The fourth-order valence-electron chi connectivity index (χ4n) is 2.84. The van der Waals surface area contributed by atoms with Gasteiger partial charge in [0.05, 0.1) is 30.2 Å². The van der Waals surface area contributed by atoms with E-state index in [1.54, 1.807) is 18.9 Å². The van der Waals surface area contributed by atoms with Crippen LogP contribution in [-0.2, 0) is 9.63 Å². The summed E-state index contributed by atoms with van der Waals surface area (Å²) in [6, 6.07) is 11.9. The van der Waals surface area contributed by atoms with Crippen LogP contribution in [0.3, 0.4) is 0 Å². The van der Waals surface area contributed by atoms with E-state index in [0.29, 0.717) is 11.0 Å². The molecule has 28 heavy (non-hydrogen) atoms. The number of fused-ring (bicyclic) bond motifs is 1. The average Bonchev–Trinajstić information content (AvgIpc) is 3.35. The smallest absolute Gasteiger partial charge is 0.313 e. The number of nitrogens with zero attached hydrogens (tertiary/aromatic N) is 3. The number of H-pyrrole nitrogens is 2. The number of nitrogens with two attached hydrogens (primary N) is 1. The molecular weight excluding hydrogens is 380 g/mol. The number of hydrogen-bond donors (Lipinski definition) is 4. The molecule has 0 radical (unpaired) electrons. The predicted molar refractivity (Wildman–Crippen MR) is 104 cm³/mol. The summed E-state index contributed by atoms with van der Waals surface area (Å²) in [6.45, 7) is 0. The Morgan fingerprint density at radius 1 is 1.21 bits per heavy atom. The number of carboxylic acid groups (broad SMARTS) is 1. The third-order valence-electron chi connectivity index (χ3n) is 4.03. The van der Waals surface area contributed by atoms with Gasteiger partial charge in [0.25, 0.3) is 0 Å². The van der Waals surface area contributed by atoms with Crippen molar-refractivity contribution in [2.75, 3.05) is 12.9 Å². The summed E-state index contributed by atoms with van der Waals surface area (Å²) in [7, 11) is 1.60. The molecule has 142 valence electrons. The van der Waals surface area contributed by atoms with Gasteiger partial charge >= 0.3 is 5.97 Å². The maximum Gasteiger partial charge on any atom is 0.313 e. The Balaban J connectivity index is 1.72. The van der Waals surface area contributed by atoms with Gasteiger partial charge in [-0.2, -0.15) is 5.48 Å². The number of thioether (sulfide) groups is 1. The van der Waals surface area contributed by atoms with Crippen molar-refractivity contribution in [1.82, 2.24) is 25.1 Å². The molecule has 0 bridgehead atoms. The van der Waals surface area contributed by atoms with Crippen LogP contribution in [0.2, 0.25) is 0 Å². The Labute approximate surface area is 163 Å². The van der Waals surface area contributed by atoms with Gasteiger partial charge in [-0.15, -0.1) is 5.10 Å². The van der Waals surface area contributed by atoms with Crippen molar-refractivity contribution in [3.63, 3.8) is 0 Å². The number of aliphatic carboxylic acids is 1. The molecule has 0 unspecified atom stereocenters. The molecule has 0 aliphatic carbocycles. The van der Waals surface area contributed by atoms with Crippen molar-refractivity contribution in [2.45, 2.75) is 5.16 Å². The maximum atomic E-state index is 10.7. The lowest BCUT2D eigenvalue weighted by Gasteiger charge is -2.07. The number of aromatic amines is 2. The van der Waals surface area contributed by atoms with E-state index in [-0.39, 0.29) is 5.75 Å². The molecule has 0 aliphatic rings. The first-order chi connectivity index (χ1) is 13.6. The van der Waals surface area contributed by atoms with E-state index in [1.807, 2.05) is 36.4 Å². The standard InChI is InChI=1S/C18H16N6O3S/c1-27-24-13-5-11(10-2-3-14-15(7-10)20-9-19-14)4-12(6-13)17-21-18(23-22-17)28-8-16(25)26/h2-7,9,24H,8H2,1H3,(H,19,20)(H,25,26)(H,21,22,23)/p+1. The second kappa shape index (κ2) is 7.80. The SMILES string of the molecule is CO[NH2+]c1cc(-c2ccc3nc[nH]c3c2)cc(-c2nc(SCC(=O)O)n[nH]2)c1. The molecule has 0 spiro atoms. The van der Waals surface area contributed by atoms with Gasteiger partial charge in [-0.05, 0) is 29.3 Å². The molecule has 4 rings (SSSR count). The molecule has 10 heteroatoms. The molecule has 0 fully saturated rings. The summed E-state index contributed by atoms with van der Waals surface area (Å²) in [4.78, 5) is 27.7. The van der Waals surface area contributed by atoms with Crippen LogP contribution in [0.5, 0.6) is 0 Å². The maximum absolute atomic E-state index is 10.7. The molecule has 2 aromatic carbocycles. The summed E-state index contributed by atoms with van der Waals surface area (Å²) in [5, 5.41) is 16.2. The van der Waals surface area contributed by atoms with Crippen molar-refractivity contribution in [3.05, 3.63) is 42.7 Å². The number of rotatable bonds is 7. The lowest BCUT2D eigenvalue weighted by Crippen LogP contribution is -2.75. The number of aromatic nitrogens is 5. The Morgan fingerprint density at radius 2 is 2.07 bits per heavy atom. The quantitative estimate of drug-likeness (QED) is 0.213. The molecular formula is C18H17N6O3S+. The van der Waals surface area contributed by atoms with E-state index in [0.717, 1.165) is 45.2 Å². The number of carboxylic acids is 1. The number of hydrogen-bond acceptors (Lipinski definition) is 6. The highest BCUT2D eigenvalue weighted by molar-refractivity contribution is 7.99. The van der Waals surface area contributed by atoms with Crippen molar-refractivity contribution in [2.24, 2.45) is 0 Å². The molecule has 2 aromatic heterocycles. The van der Waals surface area contributed by atoms with E-state index in [9.17, 15) is 4.79 Å². The van der Waals surface area contributed by atoms with Gasteiger partial charge in [0.1, 0.15) is 0 Å². The topological polar surface area (TPSA) is 133 Å². The number of nitrogens with one attached hydrogen (secondary N) is 2. The van der Waals surface area contributed by atoms with Crippen LogP contribution in [0, 0.1) is 0 Å². The molecule has 4 aromatic rings. The minimum absolute atomic E-state index is 0.0930. The average molecular weight is 397 g/mol. The largest absolute Gasteiger partial charge is 0.481 e. The summed E-state index contributed by atoms with van der Waals surface area (Å²) >= 11 is 1.06. The Kier molecular flexibility index (Phi) is 5.06. The van der Waals surface area contributed by atoms with Crippen LogP contribution in [0.4, 0.5) is 5.69 Å². The Hall–Kier alpha value is -3.21. The second-order valence-electron chi connectivity index (χ2n) is 5.98. The third kappa shape index (κ3) is 3.88. The van der Waals surface area contributed by atoms with Crippen LogP contribution in [-0.4, -0.2) is 49.1 Å². The summed E-state index contributed by atoms with van der Waals surface area (Å²) in [5.74, 6) is -0.447. The zero-order chi connectivity index (χ0) is 19.5. The molecule has 0 saturated heterocycles. The van der Waals surface area contributed by atoms with E-state index in [1.165, 1.54) is 0 Å². The molecule has 0 aliphatic heterocycles. The highest BCUT2D eigenvalue weighted by Crippen LogP contribution is 2.29. The highest BCUT2D eigenvalue weighted by Gasteiger charge is 2.13. The third-order valence-corrected chi connectivity index (χ3v) is 4.86. The van der Waals surface area contributed by atoms with E-state index in [2.05, 4.69) is 25.1 Å². The zero-order valence-electron chi connectivity index (χ0n) is 14.8. The van der Waals surface area contributed by atoms with Gasteiger partial charge in [-0.1, -0.05) is 17.8 Å². The highest BCUT2D eigenvalue weighted by atomic mass is 32.2. The molecule has 9 nitrogen and oxygen atoms in total. The minimum atomic E-state index is -0.912. The second-order valence-corrected chi connectivity index (χ2v) is 6.92. The predicted octanol–water partition coefficient (Wildman–Crippen LogP) is 1.95. The van der Waals surface area contributed by atoms with Crippen LogP contribution in [0.1, 0.15) is 0 Å². The first kappa shape index (κ1) is 18.2. The van der Waals surface area contributed by atoms with Gasteiger partial charge in [-0.3, -0.25) is 9.89 Å². The molecule has 2 heterocycles. The van der Waals surface area contributed by atoms with Crippen LogP contribution >= 0.6 is 11.8 Å². The van der Waals surface area contributed by atoms with Crippen LogP contribution < -0.4 is 5.48 Å².